The van der Waals surface area contributed by atoms with E-state index >= 15 is 0 Å². The molecule has 0 aliphatic rings. The summed E-state index contributed by atoms with van der Waals surface area (Å²) in [5, 5.41) is 0. The molecule has 1 atom stereocenters. The smallest absolute Gasteiger partial charge is 0.184 e. The molecule has 0 spiro atoms. The second-order valence-electron chi connectivity index (χ2n) is 4.40. The number of hydrogen-bond acceptors (Lipinski definition) is 1. The average molecular weight is 352 g/mol. The van der Waals surface area contributed by atoms with Gasteiger partial charge in [0.1, 0.15) is 0 Å². The molecule has 1 aromatic carbocycles. The van der Waals surface area contributed by atoms with Gasteiger partial charge in [-0.15, -0.1) is 0 Å². The molecule has 1 aromatic rings. The van der Waals surface area contributed by atoms with Crippen LogP contribution in [0, 0.1) is 0 Å². The Kier molecular flexibility index (Phi) is 5.02. The highest BCUT2D eigenvalue weighted by Crippen LogP contribution is 2.32. The van der Waals surface area contributed by atoms with Crippen molar-refractivity contribution in [3.63, 3.8) is 0 Å². The van der Waals surface area contributed by atoms with Crippen molar-refractivity contribution in [1.82, 2.24) is 0 Å². The van der Waals surface area contributed by atoms with Crippen LogP contribution in [0.3, 0.4) is 0 Å². The van der Waals surface area contributed by atoms with Gasteiger partial charge in [0, 0.05) is 0 Å². The summed E-state index contributed by atoms with van der Waals surface area (Å²) < 4.78 is 6.28. The van der Waals surface area contributed by atoms with Crippen molar-refractivity contribution >= 4 is 40.2 Å². The van der Waals surface area contributed by atoms with E-state index in [0.29, 0.717) is 0 Å². The highest BCUT2D eigenvalue weighted by Gasteiger charge is 2.26. The quantitative estimate of drug-likeness (QED) is 0.564. The van der Waals surface area contributed by atoms with Gasteiger partial charge >= 0.3 is 0 Å². The van der Waals surface area contributed by atoms with Gasteiger partial charge in [0.05, 0.1) is 9.84 Å². The fraction of sp³-hybridized carbons (Fsp3) is 0.455. The first-order valence-corrected chi connectivity index (χ1v) is 10.1. The molecule has 0 radical (unpaired) electrons. The van der Waals surface area contributed by atoms with Crippen molar-refractivity contribution in [2.24, 2.45) is 0 Å². The van der Waals surface area contributed by atoms with Crippen molar-refractivity contribution < 1.29 is 4.43 Å². The van der Waals surface area contributed by atoms with Gasteiger partial charge in [0.2, 0.25) is 0 Å². The topological polar surface area (TPSA) is 9.23 Å². The molecule has 0 aliphatic heterocycles. The first-order chi connectivity index (χ1) is 6.90. The molecule has 1 unspecified atom stereocenters. The summed E-state index contributed by atoms with van der Waals surface area (Å²) >= 11 is 7.09. The van der Waals surface area contributed by atoms with Gasteiger partial charge < -0.3 is 4.43 Å². The molecule has 0 amide bonds. The van der Waals surface area contributed by atoms with E-state index in [1.54, 1.807) is 0 Å². The van der Waals surface area contributed by atoms with Gasteiger partial charge in [0.15, 0.2) is 8.32 Å². The van der Waals surface area contributed by atoms with Crippen LogP contribution in [0.4, 0.5) is 0 Å². The maximum absolute atomic E-state index is 6.13. The van der Waals surface area contributed by atoms with E-state index in [4.69, 9.17) is 4.43 Å². The third-order valence-electron chi connectivity index (χ3n) is 1.84. The van der Waals surface area contributed by atoms with E-state index < -0.39 is 8.32 Å². The predicted molar refractivity (Wildman–Crippen MR) is 75.3 cm³/mol. The van der Waals surface area contributed by atoms with Crippen molar-refractivity contribution in [3.05, 3.63) is 35.9 Å². The van der Waals surface area contributed by atoms with Crippen LogP contribution in [0.15, 0.2) is 30.3 Å². The summed E-state index contributed by atoms with van der Waals surface area (Å²) in [6, 6.07) is 10.3. The van der Waals surface area contributed by atoms with Gasteiger partial charge in [0.25, 0.3) is 0 Å². The van der Waals surface area contributed by atoms with Gasteiger partial charge in [-0.2, -0.15) is 0 Å². The van der Waals surface area contributed by atoms with E-state index in [-0.39, 0.29) is 9.84 Å². The molecular weight excluding hydrogens is 336 g/mol. The van der Waals surface area contributed by atoms with Gasteiger partial charge in [-0.1, -0.05) is 62.2 Å². The SMILES string of the molecule is C[Si](C)(C)OC(c1ccccc1)C(Br)Br. The molecule has 0 saturated heterocycles. The van der Waals surface area contributed by atoms with Crippen LogP contribution < -0.4 is 0 Å². The molecule has 0 N–H and O–H groups in total. The first kappa shape index (κ1) is 13.4. The molecule has 0 aliphatic carbocycles. The van der Waals surface area contributed by atoms with E-state index in [1.807, 2.05) is 18.2 Å². The Morgan fingerprint density at radius 3 is 2.00 bits per heavy atom. The second-order valence-corrected chi connectivity index (χ2v) is 12.1. The summed E-state index contributed by atoms with van der Waals surface area (Å²) in [5.74, 6) is 0. The lowest BCUT2D eigenvalue weighted by Gasteiger charge is -2.28. The maximum atomic E-state index is 6.13. The van der Waals surface area contributed by atoms with Crippen LogP contribution in [-0.4, -0.2) is 12.1 Å². The normalized spacial score (nSPS) is 14.3. The lowest BCUT2D eigenvalue weighted by Crippen LogP contribution is -2.30. The zero-order valence-electron chi connectivity index (χ0n) is 9.21. The summed E-state index contributed by atoms with van der Waals surface area (Å²) in [6.45, 7) is 6.60. The van der Waals surface area contributed by atoms with Crippen LogP contribution in [0.2, 0.25) is 19.6 Å². The van der Waals surface area contributed by atoms with Crippen LogP contribution in [0.25, 0.3) is 0 Å². The fourth-order valence-electron chi connectivity index (χ4n) is 1.29. The van der Waals surface area contributed by atoms with Crippen LogP contribution in [0.5, 0.6) is 0 Å². The van der Waals surface area contributed by atoms with Crippen molar-refractivity contribution in [2.45, 2.75) is 29.5 Å². The number of rotatable bonds is 4. The molecular formula is C11H16Br2OSi. The van der Waals surface area contributed by atoms with Crippen molar-refractivity contribution in [2.75, 3.05) is 0 Å². The van der Waals surface area contributed by atoms with Crippen LogP contribution in [0.1, 0.15) is 11.7 Å². The Morgan fingerprint density at radius 1 is 1.07 bits per heavy atom. The fourth-order valence-corrected chi connectivity index (χ4v) is 3.55. The maximum Gasteiger partial charge on any atom is 0.184 e. The summed E-state index contributed by atoms with van der Waals surface area (Å²) in [5.41, 5.74) is 1.21. The molecule has 0 fully saturated rings. The molecule has 1 nitrogen and oxygen atoms in total. The van der Waals surface area contributed by atoms with Crippen LogP contribution in [-0.2, 0) is 4.43 Å². The average Bonchev–Trinajstić information content (AvgIpc) is 2.14. The molecule has 0 bridgehead atoms. The number of benzene rings is 1. The first-order valence-electron chi connectivity index (χ1n) is 4.91. The van der Waals surface area contributed by atoms with Crippen molar-refractivity contribution in [3.8, 4) is 0 Å². The minimum Gasteiger partial charge on any atom is -0.409 e. The molecule has 84 valence electrons. The molecule has 0 aromatic heterocycles. The molecule has 0 heterocycles. The number of hydrogen-bond donors (Lipinski definition) is 0. The zero-order chi connectivity index (χ0) is 11.5. The van der Waals surface area contributed by atoms with Gasteiger partial charge in [-0.25, -0.2) is 0 Å². The summed E-state index contributed by atoms with van der Waals surface area (Å²) in [4.78, 5) is 0. The Balaban J connectivity index is 2.85. The zero-order valence-corrected chi connectivity index (χ0v) is 13.4. The highest BCUT2D eigenvalue weighted by molar-refractivity contribution is 9.24. The third kappa shape index (κ3) is 4.81. The molecule has 15 heavy (non-hydrogen) atoms. The van der Waals surface area contributed by atoms with Gasteiger partial charge in [-0.3, -0.25) is 0 Å². The van der Waals surface area contributed by atoms with Gasteiger partial charge in [-0.05, 0) is 25.2 Å². The predicted octanol–water partition coefficient (Wildman–Crippen LogP) is 4.70. The standard InChI is InChI=1S/C11H16Br2OSi/c1-15(2,3)14-10(11(12)13)9-7-5-4-6-8-9/h4-8,10-11H,1-3H3. The Hall–Kier alpha value is 0.357. The largest absolute Gasteiger partial charge is 0.409 e. The number of alkyl halides is 2. The van der Waals surface area contributed by atoms with Crippen LogP contribution >= 0.6 is 31.9 Å². The third-order valence-corrected chi connectivity index (χ3v) is 3.76. The van der Waals surface area contributed by atoms with E-state index in [1.165, 1.54) is 5.56 Å². The minimum absolute atomic E-state index is 0.0814. The Labute approximate surface area is 110 Å². The Bertz CT molecular complexity index is 295. The highest BCUT2D eigenvalue weighted by atomic mass is 79.9. The lowest BCUT2D eigenvalue weighted by atomic mass is 10.1. The molecule has 4 heteroatoms. The minimum atomic E-state index is -1.53. The molecule has 1 rings (SSSR count). The van der Waals surface area contributed by atoms with E-state index in [9.17, 15) is 0 Å². The summed E-state index contributed by atoms with van der Waals surface area (Å²) in [7, 11) is -1.53. The van der Waals surface area contributed by atoms with Crippen molar-refractivity contribution in [1.29, 1.82) is 0 Å². The van der Waals surface area contributed by atoms with E-state index in [0.717, 1.165) is 0 Å². The lowest BCUT2D eigenvalue weighted by molar-refractivity contribution is 0.219. The number of halogens is 2. The summed E-state index contributed by atoms with van der Waals surface area (Å²) in [6.07, 6.45) is 0.0814. The monoisotopic (exact) mass is 350 g/mol. The second kappa shape index (κ2) is 5.62. The molecule has 0 saturated carbocycles. The Morgan fingerprint density at radius 2 is 1.60 bits per heavy atom. The van der Waals surface area contributed by atoms with E-state index in [2.05, 4.69) is 63.6 Å².